The fourth-order valence-electron chi connectivity index (χ4n) is 6.69. The minimum atomic E-state index is 0.0679. The van der Waals surface area contributed by atoms with Gasteiger partial charge in [-0.05, 0) is 81.0 Å². The van der Waals surface area contributed by atoms with Gasteiger partial charge in [-0.2, -0.15) is 0 Å². The standard InChI is InChI=1S/C20H37N/c1-4-6-7-8-9-18-17-11-15-10-16(12-17)14-20(18,13-15)19(3,21)5-2/h15-18H,4-14,21H2,1-3H3. The van der Waals surface area contributed by atoms with Crippen molar-refractivity contribution in [2.45, 2.75) is 96.9 Å². The van der Waals surface area contributed by atoms with E-state index in [1.807, 2.05) is 0 Å². The summed E-state index contributed by atoms with van der Waals surface area (Å²) in [5.41, 5.74) is 7.49. The Balaban J connectivity index is 1.79. The molecule has 4 saturated carbocycles. The lowest BCUT2D eigenvalue weighted by atomic mass is 9.40. The fourth-order valence-corrected chi connectivity index (χ4v) is 6.69. The predicted molar refractivity (Wildman–Crippen MR) is 91.1 cm³/mol. The van der Waals surface area contributed by atoms with Gasteiger partial charge in [0.1, 0.15) is 0 Å². The Hall–Kier alpha value is -0.0400. The summed E-state index contributed by atoms with van der Waals surface area (Å²) in [6.07, 6.45) is 15.8. The molecule has 122 valence electrons. The molecule has 0 heterocycles. The Morgan fingerprint density at radius 1 is 1.00 bits per heavy atom. The molecule has 1 heteroatoms. The third kappa shape index (κ3) is 2.58. The molecule has 0 aromatic carbocycles. The van der Waals surface area contributed by atoms with E-state index in [4.69, 9.17) is 5.73 Å². The van der Waals surface area contributed by atoms with Crippen LogP contribution in [0.15, 0.2) is 0 Å². The van der Waals surface area contributed by atoms with E-state index in [1.165, 1.54) is 64.2 Å². The highest BCUT2D eigenvalue weighted by Gasteiger charge is 2.61. The minimum Gasteiger partial charge on any atom is -0.325 e. The zero-order valence-electron chi connectivity index (χ0n) is 14.7. The van der Waals surface area contributed by atoms with E-state index in [2.05, 4.69) is 20.8 Å². The Labute approximate surface area is 132 Å². The molecule has 0 amide bonds. The van der Waals surface area contributed by atoms with Gasteiger partial charge in [0, 0.05) is 5.54 Å². The molecule has 0 radical (unpaired) electrons. The van der Waals surface area contributed by atoms with E-state index in [0.717, 1.165) is 30.1 Å². The number of hydrogen-bond acceptors (Lipinski definition) is 1. The molecule has 4 bridgehead atoms. The average molecular weight is 292 g/mol. The van der Waals surface area contributed by atoms with E-state index >= 15 is 0 Å². The van der Waals surface area contributed by atoms with Gasteiger partial charge in [0.15, 0.2) is 0 Å². The van der Waals surface area contributed by atoms with Gasteiger partial charge in [0.05, 0.1) is 0 Å². The predicted octanol–water partition coefficient (Wildman–Crippen LogP) is 5.53. The monoisotopic (exact) mass is 291 g/mol. The second-order valence-corrected chi connectivity index (χ2v) is 8.99. The van der Waals surface area contributed by atoms with Crippen molar-refractivity contribution in [1.29, 1.82) is 0 Å². The van der Waals surface area contributed by atoms with E-state index in [0.29, 0.717) is 5.41 Å². The Morgan fingerprint density at radius 3 is 2.24 bits per heavy atom. The highest BCUT2D eigenvalue weighted by Crippen LogP contribution is 2.67. The fraction of sp³-hybridized carbons (Fsp3) is 1.00. The quantitative estimate of drug-likeness (QED) is 0.613. The van der Waals surface area contributed by atoms with Gasteiger partial charge in [-0.3, -0.25) is 0 Å². The summed E-state index contributed by atoms with van der Waals surface area (Å²) in [5, 5.41) is 0. The molecule has 4 rings (SSSR count). The summed E-state index contributed by atoms with van der Waals surface area (Å²) in [6, 6.07) is 0. The molecular formula is C20H37N. The first-order valence-electron chi connectivity index (χ1n) is 9.81. The van der Waals surface area contributed by atoms with Crippen LogP contribution in [0, 0.1) is 29.1 Å². The third-order valence-corrected chi connectivity index (χ3v) is 7.76. The van der Waals surface area contributed by atoms with Crippen LogP contribution >= 0.6 is 0 Å². The van der Waals surface area contributed by atoms with E-state index in [9.17, 15) is 0 Å². The lowest BCUT2D eigenvalue weighted by molar-refractivity contribution is -0.149. The Bertz CT molecular complexity index is 345. The van der Waals surface area contributed by atoms with Crippen molar-refractivity contribution in [2.75, 3.05) is 0 Å². The van der Waals surface area contributed by atoms with Gasteiger partial charge in [0.25, 0.3) is 0 Å². The van der Waals surface area contributed by atoms with Gasteiger partial charge in [-0.15, -0.1) is 0 Å². The zero-order chi connectivity index (χ0) is 15.1. The van der Waals surface area contributed by atoms with Crippen LogP contribution in [0.4, 0.5) is 0 Å². The van der Waals surface area contributed by atoms with Gasteiger partial charge in [-0.1, -0.05) is 39.5 Å². The second kappa shape index (κ2) is 5.87. The van der Waals surface area contributed by atoms with Gasteiger partial charge in [-0.25, -0.2) is 0 Å². The number of hydrogen-bond donors (Lipinski definition) is 1. The van der Waals surface area contributed by atoms with Crippen molar-refractivity contribution in [3.8, 4) is 0 Å². The summed E-state index contributed by atoms with van der Waals surface area (Å²) in [6.45, 7) is 7.03. The van der Waals surface area contributed by atoms with Crippen LogP contribution in [0.3, 0.4) is 0 Å². The number of rotatable bonds is 7. The van der Waals surface area contributed by atoms with Crippen molar-refractivity contribution < 1.29 is 0 Å². The lowest BCUT2D eigenvalue weighted by Crippen LogP contribution is -2.65. The highest BCUT2D eigenvalue weighted by atomic mass is 14.8. The molecule has 0 saturated heterocycles. The molecule has 4 atom stereocenters. The van der Waals surface area contributed by atoms with Crippen LogP contribution < -0.4 is 5.73 Å². The molecule has 4 fully saturated rings. The molecule has 2 N–H and O–H groups in total. The normalized spacial score (nSPS) is 44.0. The molecule has 21 heavy (non-hydrogen) atoms. The van der Waals surface area contributed by atoms with Gasteiger partial charge in [0.2, 0.25) is 0 Å². The van der Waals surface area contributed by atoms with E-state index in [1.54, 1.807) is 0 Å². The maximum atomic E-state index is 6.94. The van der Waals surface area contributed by atoms with Crippen LogP contribution in [0.25, 0.3) is 0 Å². The first-order valence-corrected chi connectivity index (χ1v) is 9.81. The average Bonchev–Trinajstić information content (AvgIpc) is 2.45. The minimum absolute atomic E-state index is 0.0679. The SMILES string of the molecule is CCCCCCC1C2CC3CC(C2)CC1(C(C)(N)CC)C3. The molecule has 0 aromatic heterocycles. The van der Waals surface area contributed by atoms with Crippen molar-refractivity contribution in [2.24, 2.45) is 34.8 Å². The molecular weight excluding hydrogens is 254 g/mol. The van der Waals surface area contributed by atoms with Crippen LogP contribution in [-0.2, 0) is 0 Å². The molecule has 4 unspecified atom stereocenters. The van der Waals surface area contributed by atoms with E-state index < -0.39 is 0 Å². The Morgan fingerprint density at radius 2 is 1.67 bits per heavy atom. The van der Waals surface area contributed by atoms with E-state index in [-0.39, 0.29) is 5.54 Å². The summed E-state index contributed by atoms with van der Waals surface area (Å²) < 4.78 is 0. The summed E-state index contributed by atoms with van der Waals surface area (Å²) in [5.74, 6) is 4.00. The first-order chi connectivity index (χ1) is 10.0. The van der Waals surface area contributed by atoms with Crippen LogP contribution in [-0.4, -0.2) is 5.54 Å². The highest BCUT2D eigenvalue weighted by molar-refractivity contribution is 5.13. The largest absolute Gasteiger partial charge is 0.325 e. The number of nitrogens with two attached hydrogens (primary N) is 1. The topological polar surface area (TPSA) is 26.0 Å². The maximum Gasteiger partial charge on any atom is 0.0183 e. The number of unbranched alkanes of at least 4 members (excludes halogenated alkanes) is 3. The summed E-state index contributed by atoms with van der Waals surface area (Å²) in [4.78, 5) is 0. The first kappa shape index (κ1) is 15.8. The molecule has 0 aliphatic heterocycles. The summed E-state index contributed by atoms with van der Waals surface area (Å²) >= 11 is 0. The lowest BCUT2D eigenvalue weighted by Gasteiger charge is -2.66. The van der Waals surface area contributed by atoms with Crippen LogP contribution in [0.2, 0.25) is 0 Å². The molecule has 4 aliphatic rings. The molecule has 0 spiro atoms. The molecule has 0 aromatic rings. The van der Waals surface area contributed by atoms with Crippen LogP contribution in [0.5, 0.6) is 0 Å². The molecule has 4 aliphatic carbocycles. The third-order valence-electron chi connectivity index (χ3n) is 7.76. The maximum absolute atomic E-state index is 6.94. The van der Waals surface area contributed by atoms with Crippen molar-refractivity contribution in [1.82, 2.24) is 0 Å². The van der Waals surface area contributed by atoms with Crippen LogP contribution in [0.1, 0.15) is 91.4 Å². The second-order valence-electron chi connectivity index (χ2n) is 8.99. The van der Waals surface area contributed by atoms with Crippen molar-refractivity contribution in [3.05, 3.63) is 0 Å². The van der Waals surface area contributed by atoms with Gasteiger partial charge < -0.3 is 5.73 Å². The Kier molecular flexibility index (Phi) is 4.43. The smallest absolute Gasteiger partial charge is 0.0183 e. The van der Waals surface area contributed by atoms with Crippen molar-refractivity contribution in [3.63, 3.8) is 0 Å². The zero-order valence-corrected chi connectivity index (χ0v) is 14.7. The summed E-state index contributed by atoms with van der Waals surface area (Å²) in [7, 11) is 0. The molecule has 1 nitrogen and oxygen atoms in total. The van der Waals surface area contributed by atoms with Gasteiger partial charge >= 0.3 is 0 Å². The van der Waals surface area contributed by atoms with Crippen molar-refractivity contribution >= 4 is 0 Å².